The summed E-state index contributed by atoms with van der Waals surface area (Å²) in [6.45, 7) is 3.79. The van der Waals surface area contributed by atoms with Crippen LogP contribution in [0.4, 0.5) is 13.2 Å². The molecule has 0 spiro atoms. The summed E-state index contributed by atoms with van der Waals surface area (Å²) in [5.74, 6) is 0.573. The number of likely N-dealkylation sites (tertiary alicyclic amines) is 1. The van der Waals surface area contributed by atoms with Crippen LogP contribution in [0.1, 0.15) is 47.7 Å². The number of methoxy groups -OCH3 is 1. The van der Waals surface area contributed by atoms with Gasteiger partial charge >= 0.3 is 12.1 Å². The SMILES string of the molecule is CCOC(=O)Cc1ccc(OC2CCN(CC(O)(c3c(C)n(Cc4ccccc4)c4cc(C#N)ccc34)C(F)(F)F)CC2)c(OC)c1. The first-order valence-electron chi connectivity index (χ1n) is 15.5. The van der Waals surface area contributed by atoms with E-state index in [0.717, 1.165) is 5.56 Å². The van der Waals surface area contributed by atoms with E-state index in [9.17, 15) is 15.2 Å². The van der Waals surface area contributed by atoms with Crippen molar-refractivity contribution in [1.29, 1.82) is 5.26 Å². The predicted octanol–water partition coefficient (Wildman–Crippen LogP) is 6.28. The summed E-state index contributed by atoms with van der Waals surface area (Å²) in [7, 11) is 1.50. The molecule has 1 unspecified atom stereocenters. The number of carbonyl (C=O) groups is 1. The van der Waals surface area contributed by atoms with Gasteiger partial charge in [-0.2, -0.15) is 18.4 Å². The average Bonchev–Trinajstić information content (AvgIpc) is 3.32. The van der Waals surface area contributed by atoms with Gasteiger partial charge in [-0.15, -0.1) is 0 Å². The van der Waals surface area contributed by atoms with E-state index >= 15 is 13.2 Å². The van der Waals surface area contributed by atoms with Crippen LogP contribution in [-0.2, 0) is 28.1 Å². The number of carbonyl (C=O) groups excluding carboxylic acids is 1. The van der Waals surface area contributed by atoms with Crippen LogP contribution >= 0.6 is 0 Å². The summed E-state index contributed by atoms with van der Waals surface area (Å²) >= 11 is 0. The number of β-amino-alcohol motifs (C(OH)–C–C–N with tert-alkyl or cyclic N) is 1. The number of aliphatic hydroxyl groups is 1. The second-order valence-corrected chi connectivity index (χ2v) is 11.8. The highest BCUT2D eigenvalue weighted by Gasteiger charge is 2.58. The third-order valence-electron chi connectivity index (χ3n) is 8.68. The van der Waals surface area contributed by atoms with Gasteiger partial charge in [0.2, 0.25) is 5.60 Å². The highest BCUT2D eigenvalue weighted by molar-refractivity contribution is 5.88. The van der Waals surface area contributed by atoms with Gasteiger partial charge in [-0.3, -0.25) is 9.69 Å². The van der Waals surface area contributed by atoms with Crippen LogP contribution in [0.2, 0.25) is 0 Å². The van der Waals surface area contributed by atoms with Gasteiger partial charge in [-0.25, -0.2) is 0 Å². The maximum atomic E-state index is 15.0. The largest absolute Gasteiger partial charge is 0.493 e. The zero-order valence-corrected chi connectivity index (χ0v) is 26.6. The van der Waals surface area contributed by atoms with Crippen LogP contribution in [0.5, 0.6) is 11.5 Å². The lowest BCUT2D eigenvalue weighted by Crippen LogP contribution is -2.53. The lowest BCUT2D eigenvalue weighted by molar-refractivity contribution is -0.272. The van der Waals surface area contributed by atoms with Gasteiger partial charge < -0.3 is 23.9 Å². The van der Waals surface area contributed by atoms with E-state index in [-0.39, 0.29) is 61.4 Å². The van der Waals surface area contributed by atoms with E-state index in [4.69, 9.17) is 14.2 Å². The highest BCUT2D eigenvalue weighted by atomic mass is 19.4. The fraction of sp³-hybridized carbons (Fsp3) is 0.389. The van der Waals surface area contributed by atoms with Gasteiger partial charge in [0.1, 0.15) is 6.10 Å². The molecule has 1 atom stereocenters. The number of piperidine rings is 1. The number of hydrogen-bond acceptors (Lipinski definition) is 7. The van der Waals surface area contributed by atoms with Gasteiger partial charge in [0, 0.05) is 42.8 Å². The molecule has 1 saturated heterocycles. The molecule has 0 radical (unpaired) electrons. The Labute approximate surface area is 271 Å². The maximum Gasteiger partial charge on any atom is 0.422 e. The Bertz CT molecular complexity index is 1760. The standard InChI is InChI=1S/C36H38F3N3O5/c1-4-46-33(43)20-26-11-13-31(32(19-26)45-3)47-28-14-16-41(17-15-28)23-35(44,36(37,38)39)34-24(2)42(22-25-8-6-5-7-9-25)30-18-27(21-40)10-12-29(30)34/h5-13,18-19,28,44H,4,14-17,20,22-23H2,1-3H3. The number of benzene rings is 3. The highest BCUT2D eigenvalue weighted by Crippen LogP contribution is 2.46. The number of fused-ring (bicyclic) bond motifs is 1. The Kier molecular flexibility index (Phi) is 10.1. The van der Waals surface area contributed by atoms with Crippen molar-refractivity contribution in [1.82, 2.24) is 9.47 Å². The normalized spacial score (nSPS) is 15.6. The average molecular weight is 650 g/mol. The molecule has 1 aliphatic rings. The van der Waals surface area contributed by atoms with Gasteiger partial charge in [0.25, 0.3) is 0 Å². The smallest absolute Gasteiger partial charge is 0.422 e. The minimum absolute atomic E-state index is 0.0921. The quantitative estimate of drug-likeness (QED) is 0.191. The summed E-state index contributed by atoms with van der Waals surface area (Å²) in [6, 6.07) is 21.1. The van der Waals surface area contributed by atoms with Gasteiger partial charge in [-0.05, 0) is 62.1 Å². The predicted molar refractivity (Wildman–Crippen MR) is 170 cm³/mol. The molecule has 3 aromatic carbocycles. The third-order valence-corrected chi connectivity index (χ3v) is 8.68. The summed E-state index contributed by atoms with van der Waals surface area (Å²) in [6.07, 6.45) is -4.31. The monoisotopic (exact) mass is 649 g/mol. The Balaban J connectivity index is 1.37. The molecule has 248 valence electrons. The summed E-state index contributed by atoms with van der Waals surface area (Å²) in [5, 5.41) is 21.5. The van der Waals surface area contributed by atoms with Crippen LogP contribution in [0.25, 0.3) is 10.9 Å². The number of nitriles is 1. The molecule has 2 heterocycles. The minimum atomic E-state index is -4.98. The van der Waals surface area contributed by atoms with Crippen LogP contribution in [-0.4, -0.2) is 66.2 Å². The number of ether oxygens (including phenoxy) is 3. The molecule has 1 fully saturated rings. The lowest BCUT2D eigenvalue weighted by atomic mass is 9.88. The molecule has 5 rings (SSSR count). The number of hydrogen-bond donors (Lipinski definition) is 1. The van der Waals surface area contributed by atoms with Gasteiger partial charge in [0.15, 0.2) is 11.5 Å². The van der Waals surface area contributed by atoms with Crippen LogP contribution in [0.15, 0.2) is 66.7 Å². The Hall–Kier alpha value is -4.53. The fourth-order valence-corrected chi connectivity index (χ4v) is 6.34. The second-order valence-electron chi connectivity index (χ2n) is 11.8. The molecule has 0 amide bonds. The van der Waals surface area contributed by atoms with E-state index in [2.05, 4.69) is 6.07 Å². The first-order chi connectivity index (χ1) is 22.5. The minimum Gasteiger partial charge on any atom is -0.493 e. The number of esters is 1. The van der Waals surface area contributed by atoms with Gasteiger partial charge in [-0.1, -0.05) is 42.5 Å². The molecular formula is C36H38F3N3O5. The number of alkyl halides is 3. The van der Waals surface area contributed by atoms with Crippen molar-refractivity contribution >= 4 is 16.9 Å². The maximum absolute atomic E-state index is 15.0. The molecule has 0 saturated carbocycles. The van der Waals surface area contributed by atoms with Crippen LogP contribution in [0, 0.1) is 18.3 Å². The van der Waals surface area contributed by atoms with Crippen molar-refractivity contribution in [3.63, 3.8) is 0 Å². The number of aromatic nitrogens is 1. The molecule has 0 aliphatic carbocycles. The molecule has 1 aliphatic heterocycles. The number of halogens is 3. The van der Waals surface area contributed by atoms with E-state index < -0.39 is 18.3 Å². The zero-order valence-electron chi connectivity index (χ0n) is 26.6. The molecule has 11 heteroatoms. The van der Waals surface area contributed by atoms with Crippen molar-refractivity contribution in [3.8, 4) is 17.6 Å². The molecule has 1 aromatic heterocycles. The molecule has 47 heavy (non-hydrogen) atoms. The number of rotatable bonds is 11. The van der Waals surface area contributed by atoms with E-state index in [1.54, 1.807) is 47.6 Å². The first-order valence-corrected chi connectivity index (χ1v) is 15.5. The Morgan fingerprint density at radius 1 is 1.02 bits per heavy atom. The van der Waals surface area contributed by atoms with E-state index in [1.165, 1.54) is 19.2 Å². The Morgan fingerprint density at radius 3 is 2.38 bits per heavy atom. The molecule has 8 nitrogen and oxygen atoms in total. The molecule has 4 aromatic rings. The van der Waals surface area contributed by atoms with Gasteiger partial charge in [0.05, 0.1) is 37.3 Å². The van der Waals surface area contributed by atoms with Crippen LogP contribution < -0.4 is 9.47 Å². The summed E-state index contributed by atoms with van der Waals surface area (Å²) in [4.78, 5) is 13.5. The van der Waals surface area contributed by atoms with Crippen molar-refractivity contribution in [2.45, 2.75) is 57.5 Å². The number of nitrogens with zero attached hydrogens (tertiary/aromatic N) is 3. The third kappa shape index (κ3) is 7.24. The van der Waals surface area contributed by atoms with Crippen molar-refractivity contribution in [2.75, 3.05) is 33.4 Å². The van der Waals surface area contributed by atoms with Crippen LogP contribution in [0.3, 0.4) is 0 Å². The van der Waals surface area contributed by atoms with E-state index in [0.29, 0.717) is 41.0 Å². The zero-order chi connectivity index (χ0) is 33.8. The first kappa shape index (κ1) is 33.8. The summed E-state index contributed by atoms with van der Waals surface area (Å²) in [5.41, 5.74) is -0.725. The lowest BCUT2D eigenvalue weighted by Gasteiger charge is -2.39. The second kappa shape index (κ2) is 14.1. The molecule has 1 N–H and O–H groups in total. The van der Waals surface area contributed by atoms with Crippen molar-refractivity contribution in [3.05, 3.63) is 94.7 Å². The van der Waals surface area contributed by atoms with Crippen molar-refractivity contribution in [2.24, 2.45) is 0 Å². The molecular weight excluding hydrogens is 611 g/mol. The fourth-order valence-electron chi connectivity index (χ4n) is 6.34. The topological polar surface area (TPSA) is 97.0 Å². The van der Waals surface area contributed by atoms with Crippen molar-refractivity contribution < 1.29 is 37.3 Å². The summed E-state index contributed by atoms with van der Waals surface area (Å²) < 4.78 is 63.5. The van der Waals surface area contributed by atoms with E-state index in [1.807, 2.05) is 30.3 Å². The molecule has 0 bridgehead atoms. The Morgan fingerprint density at radius 2 is 1.74 bits per heavy atom.